The maximum atomic E-state index is 9.28. The molecule has 0 aliphatic carbocycles. The van der Waals surface area contributed by atoms with Gasteiger partial charge in [0.2, 0.25) is 0 Å². The Kier molecular flexibility index (Phi) is 4.63. The smallest absolute Gasteiger partial charge is 0.125 e. The average molecular weight is 207 g/mol. The number of benzene rings is 1. The molecule has 1 aromatic carbocycles. The van der Waals surface area contributed by atoms with E-state index in [1.54, 1.807) is 0 Å². The van der Waals surface area contributed by atoms with E-state index >= 15 is 0 Å². The molecule has 0 spiro atoms. The SMILES string of the molecule is [CH2]C(O)Cc1cccc(C)c1OCCC. The molecule has 0 bridgehead atoms. The van der Waals surface area contributed by atoms with Crippen molar-refractivity contribution in [2.45, 2.75) is 32.8 Å². The zero-order valence-electron chi connectivity index (χ0n) is 9.49. The van der Waals surface area contributed by atoms with Crippen LogP contribution in [0.15, 0.2) is 18.2 Å². The van der Waals surface area contributed by atoms with Crippen LogP contribution in [-0.4, -0.2) is 17.8 Å². The van der Waals surface area contributed by atoms with Crippen LogP contribution in [0, 0.1) is 13.8 Å². The van der Waals surface area contributed by atoms with Gasteiger partial charge in [0.1, 0.15) is 5.75 Å². The van der Waals surface area contributed by atoms with Gasteiger partial charge in [-0.05, 0) is 31.4 Å². The van der Waals surface area contributed by atoms with Crippen molar-refractivity contribution in [2.24, 2.45) is 0 Å². The quantitative estimate of drug-likeness (QED) is 0.804. The van der Waals surface area contributed by atoms with E-state index in [0.717, 1.165) is 23.3 Å². The predicted molar refractivity (Wildman–Crippen MR) is 62.0 cm³/mol. The lowest BCUT2D eigenvalue weighted by molar-refractivity contribution is 0.218. The molecule has 0 aromatic heterocycles. The lowest BCUT2D eigenvalue weighted by atomic mass is 10.0. The second-order valence-corrected chi connectivity index (χ2v) is 3.77. The summed E-state index contributed by atoms with van der Waals surface area (Å²) >= 11 is 0. The number of aryl methyl sites for hydroxylation is 1. The van der Waals surface area contributed by atoms with Gasteiger partial charge in [-0.3, -0.25) is 0 Å². The van der Waals surface area contributed by atoms with Gasteiger partial charge >= 0.3 is 0 Å². The van der Waals surface area contributed by atoms with E-state index in [1.165, 1.54) is 0 Å². The van der Waals surface area contributed by atoms with E-state index in [9.17, 15) is 5.11 Å². The van der Waals surface area contributed by atoms with Crippen LogP contribution in [0.5, 0.6) is 5.75 Å². The summed E-state index contributed by atoms with van der Waals surface area (Å²) in [7, 11) is 0. The molecular weight excluding hydrogens is 188 g/mol. The summed E-state index contributed by atoms with van der Waals surface area (Å²) in [6.45, 7) is 8.39. The topological polar surface area (TPSA) is 29.5 Å². The molecule has 0 aliphatic heterocycles. The van der Waals surface area contributed by atoms with Gasteiger partial charge in [0.15, 0.2) is 0 Å². The second-order valence-electron chi connectivity index (χ2n) is 3.77. The monoisotopic (exact) mass is 207 g/mol. The number of aliphatic hydroxyl groups is 1. The number of aliphatic hydroxyl groups excluding tert-OH is 1. The first-order valence-corrected chi connectivity index (χ1v) is 5.37. The lowest BCUT2D eigenvalue weighted by Crippen LogP contribution is -2.08. The first-order valence-electron chi connectivity index (χ1n) is 5.37. The van der Waals surface area contributed by atoms with E-state index in [1.807, 2.05) is 25.1 Å². The zero-order valence-corrected chi connectivity index (χ0v) is 9.49. The van der Waals surface area contributed by atoms with Gasteiger partial charge in [-0.1, -0.05) is 25.1 Å². The maximum Gasteiger partial charge on any atom is 0.125 e. The lowest BCUT2D eigenvalue weighted by Gasteiger charge is -2.14. The fourth-order valence-electron chi connectivity index (χ4n) is 1.54. The number of hydrogen-bond donors (Lipinski definition) is 1. The van der Waals surface area contributed by atoms with E-state index in [4.69, 9.17) is 4.74 Å². The molecule has 2 heteroatoms. The van der Waals surface area contributed by atoms with Crippen LogP contribution < -0.4 is 4.74 Å². The Morgan fingerprint density at radius 2 is 2.20 bits per heavy atom. The average Bonchev–Trinajstić information content (AvgIpc) is 2.16. The molecule has 0 fully saturated rings. The van der Waals surface area contributed by atoms with Crippen LogP contribution >= 0.6 is 0 Å². The number of rotatable bonds is 5. The van der Waals surface area contributed by atoms with E-state index < -0.39 is 6.10 Å². The zero-order chi connectivity index (χ0) is 11.3. The Hall–Kier alpha value is -1.02. The van der Waals surface area contributed by atoms with Gasteiger partial charge in [-0.25, -0.2) is 0 Å². The maximum absolute atomic E-state index is 9.28. The highest BCUT2D eigenvalue weighted by atomic mass is 16.5. The summed E-state index contributed by atoms with van der Waals surface area (Å²) in [4.78, 5) is 0. The standard InChI is InChI=1S/C13H19O2/c1-4-8-15-13-10(2)6-5-7-12(13)9-11(3)14/h5-7,11,14H,3-4,8-9H2,1-2H3. The molecule has 1 atom stereocenters. The third-order valence-electron chi connectivity index (χ3n) is 2.20. The number of hydrogen-bond acceptors (Lipinski definition) is 2. The molecule has 1 unspecified atom stereocenters. The molecule has 0 saturated heterocycles. The summed E-state index contributed by atoms with van der Waals surface area (Å²) in [6, 6.07) is 5.97. The molecule has 0 amide bonds. The first-order chi connectivity index (χ1) is 7.15. The van der Waals surface area contributed by atoms with E-state index in [0.29, 0.717) is 13.0 Å². The van der Waals surface area contributed by atoms with Crippen molar-refractivity contribution in [1.82, 2.24) is 0 Å². The molecule has 0 heterocycles. The summed E-state index contributed by atoms with van der Waals surface area (Å²) in [5.41, 5.74) is 2.15. The minimum Gasteiger partial charge on any atom is -0.493 e. The van der Waals surface area contributed by atoms with Crippen molar-refractivity contribution in [3.8, 4) is 5.75 Å². The molecule has 1 aromatic rings. The third-order valence-corrected chi connectivity index (χ3v) is 2.20. The molecular formula is C13H19O2. The van der Waals surface area contributed by atoms with Crippen LogP contribution in [-0.2, 0) is 6.42 Å². The minimum atomic E-state index is -0.573. The fraction of sp³-hybridized carbons (Fsp3) is 0.462. The van der Waals surface area contributed by atoms with E-state index in [2.05, 4.69) is 13.8 Å². The summed E-state index contributed by atoms with van der Waals surface area (Å²) in [5, 5.41) is 9.28. The van der Waals surface area contributed by atoms with Gasteiger partial charge in [-0.15, -0.1) is 0 Å². The highest BCUT2D eigenvalue weighted by molar-refractivity contribution is 5.41. The number of ether oxygens (including phenoxy) is 1. The van der Waals surface area contributed by atoms with Gasteiger partial charge in [0.25, 0.3) is 0 Å². The Morgan fingerprint density at radius 1 is 1.47 bits per heavy atom. The van der Waals surface area contributed by atoms with Crippen molar-refractivity contribution < 1.29 is 9.84 Å². The molecule has 1 rings (SSSR count). The van der Waals surface area contributed by atoms with Crippen molar-refractivity contribution in [3.05, 3.63) is 36.2 Å². The molecule has 2 nitrogen and oxygen atoms in total. The number of para-hydroxylation sites is 1. The molecule has 83 valence electrons. The van der Waals surface area contributed by atoms with Crippen LogP contribution in [0.1, 0.15) is 24.5 Å². The van der Waals surface area contributed by atoms with Crippen molar-refractivity contribution >= 4 is 0 Å². The molecule has 15 heavy (non-hydrogen) atoms. The highest BCUT2D eigenvalue weighted by Gasteiger charge is 2.08. The summed E-state index contributed by atoms with van der Waals surface area (Å²) in [6.07, 6.45) is 0.956. The van der Waals surface area contributed by atoms with E-state index in [-0.39, 0.29) is 0 Å². The largest absolute Gasteiger partial charge is 0.493 e. The van der Waals surface area contributed by atoms with Crippen LogP contribution in [0.3, 0.4) is 0 Å². The van der Waals surface area contributed by atoms with Crippen LogP contribution in [0.25, 0.3) is 0 Å². The molecule has 0 aliphatic rings. The van der Waals surface area contributed by atoms with Gasteiger partial charge in [0, 0.05) is 6.42 Å². The molecule has 0 saturated carbocycles. The molecule has 1 N–H and O–H groups in total. The molecule has 1 radical (unpaired) electrons. The summed E-state index contributed by atoms with van der Waals surface area (Å²) in [5.74, 6) is 0.905. The van der Waals surface area contributed by atoms with Crippen molar-refractivity contribution in [1.29, 1.82) is 0 Å². The fourth-order valence-corrected chi connectivity index (χ4v) is 1.54. The first kappa shape index (κ1) is 12.1. The van der Waals surface area contributed by atoms with Crippen LogP contribution in [0.2, 0.25) is 0 Å². The van der Waals surface area contributed by atoms with Crippen molar-refractivity contribution in [2.75, 3.05) is 6.61 Å². The predicted octanol–water partition coefficient (Wildman–Crippen LogP) is 2.52. The highest BCUT2D eigenvalue weighted by Crippen LogP contribution is 2.24. The van der Waals surface area contributed by atoms with Gasteiger partial charge in [-0.2, -0.15) is 0 Å². The summed E-state index contributed by atoms with van der Waals surface area (Å²) < 4.78 is 5.68. The third kappa shape index (κ3) is 3.56. The van der Waals surface area contributed by atoms with Crippen LogP contribution in [0.4, 0.5) is 0 Å². The normalized spacial score (nSPS) is 12.5. The van der Waals surface area contributed by atoms with Gasteiger partial charge < -0.3 is 9.84 Å². The Morgan fingerprint density at radius 3 is 2.80 bits per heavy atom. The Balaban J connectivity index is 2.87. The van der Waals surface area contributed by atoms with Gasteiger partial charge in [0.05, 0.1) is 12.7 Å². The Labute approximate surface area is 91.9 Å². The Bertz CT molecular complexity index is 305. The van der Waals surface area contributed by atoms with Crippen molar-refractivity contribution in [3.63, 3.8) is 0 Å². The second kappa shape index (κ2) is 5.76. The minimum absolute atomic E-state index is 0.542.